The van der Waals surface area contributed by atoms with Crippen molar-refractivity contribution in [3.63, 3.8) is 0 Å². The first-order valence-electron chi connectivity index (χ1n) is 6.07. The molecule has 2 rings (SSSR count). The van der Waals surface area contributed by atoms with Gasteiger partial charge in [0.05, 0.1) is 11.4 Å². The number of aromatic carboxylic acids is 1. The van der Waals surface area contributed by atoms with Crippen LogP contribution in [0.25, 0.3) is 0 Å². The molecule has 0 fully saturated rings. The van der Waals surface area contributed by atoms with Crippen LogP contribution in [-0.4, -0.2) is 27.7 Å². The number of aromatic nitrogens is 1. The van der Waals surface area contributed by atoms with Gasteiger partial charge in [-0.05, 0) is 37.3 Å². The molecule has 0 radical (unpaired) electrons. The fourth-order valence-electron chi connectivity index (χ4n) is 1.72. The van der Waals surface area contributed by atoms with E-state index in [4.69, 9.17) is 5.11 Å². The highest BCUT2D eigenvalue weighted by Gasteiger charge is 2.15. The fourth-order valence-corrected chi connectivity index (χ4v) is 2.69. The summed E-state index contributed by atoms with van der Waals surface area (Å²) < 4.78 is 0.977. The van der Waals surface area contributed by atoms with Crippen molar-refractivity contribution in [2.45, 2.75) is 11.8 Å². The van der Waals surface area contributed by atoms with Gasteiger partial charge in [-0.1, -0.05) is 15.9 Å². The number of aromatic amines is 1. The lowest BCUT2D eigenvalue weighted by molar-refractivity contribution is -0.113. The highest BCUT2D eigenvalue weighted by Crippen LogP contribution is 2.22. The Kier molecular flexibility index (Phi) is 5.08. The quantitative estimate of drug-likeness (QED) is 0.705. The number of amides is 1. The average molecular weight is 369 g/mol. The number of hydrogen-bond donors (Lipinski definition) is 3. The third-order valence-corrected chi connectivity index (χ3v) is 4.16. The Labute approximate surface area is 134 Å². The van der Waals surface area contributed by atoms with Gasteiger partial charge in [0, 0.05) is 15.1 Å². The van der Waals surface area contributed by atoms with Gasteiger partial charge in [0.25, 0.3) is 0 Å². The number of carboxylic acid groups (broad SMARTS) is 1. The molecule has 0 spiro atoms. The Morgan fingerprint density at radius 3 is 2.62 bits per heavy atom. The van der Waals surface area contributed by atoms with Crippen molar-refractivity contribution in [2.75, 3.05) is 11.1 Å². The smallest absolute Gasteiger partial charge is 0.354 e. The molecule has 110 valence electrons. The van der Waals surface area contributed by atoms with E-state index < -0.39 is 5.97 Å². The second kappa shape index (κ2) is 6.82. The van der Waals surface area contributed by atoms with E-state index in [2.05, 4.69) is 26.2 Å². The molecular weight excluding hydrogens is 356 g/mol. The second-order valence-electron chi connectivity index (χ2n) is 4.34. The van der Waals surface area contributed by atoms with E-state index in [-0.39, 0.29) is 17.4 Å². The number of hydrogen-bond acceptors (Lipinski definition) is 3. The molecular formula is C14H13BrN2O3S. The van der Waals surface area contributed by atoms with Gasteiger partial charge in [0.1, 0.15) is 5.69 Å². The first-order chi connectivity index (χ1) is 9.95. The molecule has 7 heteroatoms. The Balaban J connectivity index is 1.96. The largest absolute Gasteiger partial charge is 0.477 e. The summed E-state index contributed by atoms with van der Waals surface area (Å²) in [4.78, 5) is 26.6. The number of rotatable bonds is 5. The summed E-state index contributed by atoms with van der Waals surface area (Å²) in [7, 11) is 0. The zero-order valence-corrected chi connectivity index (χ0v) is 13.5. The molecule has 1 aromatic carbocycles. The zero-order valence-electron chi connectivity index (χ0n) is 11.1. The Morgan fingerprint density at radius 2 is 2.00 bits per heavy atom. The number of carboxylic acids is 1. The highest BCUT2D eigenvalue weighted by atomic mass is 79.9. The molecule has 1 aromatic heterocycles. The minimum absolute atomic E-state index is 0.00510. The average Bonchev–Trinajstić information content (AvgIpc) is 2.79. The molecule has 3 N–H and O–H groups in total. The van der Waals surface area contributed by atoms with Crippen LogP contribution < -0.4 is 5.32 Å². The molecule has 0 aliphatic carbocycles. The van der Waals surface area contributed by atoms with Gasteiger partial charge in [-0.3, -0.25) is 4.79 Å². The van der Waals surface area contributed by atoms with Gasteiger partial charge in [-0.2, -0.15) is 0 Å². The third kappa shape index (κ3) is 4.37. The summed E-state index contributed by atoms with van der Waals surface area (Å²) in [5.41, 5.74) is 0.971. The number of nitrogens with one attached hydrogen (secondary N) is 2. The first kappa shape index (κ1) is 15.7. The number of halogens is 1. The SMILES string of the molecule is Cc1cc(NC(=O)CSc2ccc(Br)cc2)c(C(=O)O)[nH]1. The third-order valence-electron chi connectivity index (χ3n) is 2.62. The molecule has 0 unspecified atom stereocenters. The normalized spacial score (nSPS) is 10.4. The molecule has 2 aromatic rings. The van der Waals surface area contributed by atoms with Crippen LogP contribution in [0.5, 0.6) is 0 Å². The lowest BCUT2D eigenvalue weighted by Gasteiger charge is -2.04. The summed E-state index contributed by atoms with van der Waals surface area (Å²) in [5.74, 6) is -1.13. The molecule has 0 saturated carbocycles. The lowest BCUT2D eigenvalue weighted by Crippen LogP contribution is -2.15. The van der Waals surface area contributed by atoms with E-state index in [1.165, 1.54) is 11.8 Å². The Hall–Kier alpha value is -1.73. The van der Waals surface area contributed by atoms with Crippen LogP contribution in [0, 0.1) is 6.92 Å². The van der Waals surface area contributed by atoms with E-state index in [1.807, 2.05) is 24.3 Å². The van der Waals surface area contributed by atoms with Crippen molar-refractivity contribution in [3.8, 4) is 0 Å². The van der Waals surface area contributed by atoms with Crippen LogP contribution in [0.4, 0.5) is 5.69 Å². The summed E-state index contributed by atoms with van der Waals surface area (Å²) in [6.45, 7) is 1.73. The summed E-state index contributed by atoms with van der Waals surface area (Å²) >= 11 is 4.73. The van der Waals surface area contributed by atoms with Gasteiger partial charge >= 0.3 is 5.97 Å². The molecule has 5 nitrogen and oxygen atoms in total. The van der Waals surface area contributed by atoms with Crippen LogP contribution in [0.1, 0.15) is 16.2 Å². The summed E-state index contributed by atoms with van der Waals surface area (Å²) in [6, 6.07) is 9.22. The minimum Gasteiger partial charge on any atom is -0.477 e. The second-order valence-corrected chi connectivity index (χ2v) is 6.30. The van der Waals surface area contributed by atoms with Crippen molar-refractivity contribution < 1.29 is 14.7 Å². The topological polar surface area (TPSA) is 82.2 Å². The highest BCUT2D eigenvalue weighted by molar-refractivity contribution is 9.10. The molecule has 0 aliphatic heterocycles. The predicted octanol–water partition coefficient (Wildman–Crippen LogP) is 3.51. The number of benzene rings is 1. The maximum absolute atomic E-state index is 11.9. The van der Waals surface area contributed by atoms with Crippen molar-refractivity contribution in [3.05, 3.63) is 46.2 Å². The lowest BCUT2D eigenvalue weighted by atomic mass is 10.3. The Bertz CT molecular complexity index is 667. The van der Waals surface area contributed by atoms with E-state index in [0.29, 0.717) is 11.4 Å². The van der Waals surface area contributed by atoms with Crippen molar-refractivity contribution in [1.82, 2.24) is 4.98 Å². The van der Waals surface area contributed by atoms with E-state index >= 15 is 0 Å². The van der Waals surface area contributed by atoms with E-state index in [9.17, 15) is 9.59 Å². The Morgan fingerprint density at radius 1 is 1.33 bits per heavy atom. The molecule has 21 heavy (non-hydrogen) atoms. The minimum atomic E-state index is -1.10. The number of H-pyrrole nitrogens is 1. The van der Waals surface area contributed by atoms with Crippen LogP contribution in [-0.2, 0) is 4.79 Å². The van der Waals surface area contributed by atoms with E-state index in [0.717, 1.165) is 9.37 Å². The number of carbonyl (C=O) groups is 2. The maximum Gasteiger partial charge on any atom is 0.354 e. The summed E-state index contributed by atoms with van der Waals surface area (Å²) in [5, 5.41) is 11.6. The fraction of sp³-hybridized carbons (Fsp3) is 0.143. The van der Waals surface area contributed by atoms with Crippen LogP contribution in [0.3, 0.4) is 0 Å². The van der Waals surface area contributed by atoms with Crippen LogP contribution in [0.2, 0.25) is 0 Å². The molecule has 1 amide bonds. The van der Waals surface area contributed by atoms with Gasteiger partial charge < -0.3 is 15.4 Å². The standard InChI is InChI=1S/C14H13BrN2O3S/c1-8-6-11(13(16-8)14(19)20)17-12(18)7-21-10-4-2-9(15)3-5-10/h2-6,16H,7H2,1H3,(H,17,18)(H,19,20). The van der Waals surface area contributed by atoms with E-state index in [1.54, 1.807) is 13.0 Å². The first-order valence-corrected chi connectivity index (χ1v) is 7.84. The van der Waals surface area contributed by atoms with Gasteiger partial charge in [-0.15, -0.1) is 11.8 Å². The maximum atomic E-state index is 11.9. The van der Waals surface area contributed by atoms with Crippen LogP contribution in [0.15, 0.2) is 39.7 Å². The summed E-state index contributed by atoms with van der Waals surface area (Å²) in [6.07, 6.45) is 0. The number of thioether (sulfide) groups is 1. The van der Waals surface area contributed by atoms with Gasteiger partial charge in [0.15, 0.2) is 0 Å². The molecule has 0 saturated heterocycles. The predicted molar refractivity (Wildman–Crippen MR) is 86.0 cm³/mol. The van der Waals surface area contributed by atoms with Crippen molar-refractivity contribution in [2.24, 2.45) is 0 Å². The number of anilines is 1. The molecule has 1 heterocycles. The van der Waals surface area contributed by atoms with Gasteiger partial charge in [0.2, 0.25) is 5.91 Å². The molecule has 0 aliphatic rings. The monoisotopic (exact) mass is 368 g/mol. The van der Waals surface area contributed by atoms with Crippen LogP contribution >= 0.6 is 27.7 Å². The number of aryl methyl sites for hydroxylation is 1. The van der Waals surface area contributed by atoms with Crippen molar-refractivity contribution in [1.29, 1.82) is 0 Å². The number of carbonyl (C=O) groups excluding carboxylic acids is 1. The molecule has 0 atom stereocenters. The van der Waals surface area contributed by atoms with Gasteiger partial charge in [-0.25, -0.2) is 4.79 Å². The molecule has 0 bridgehead atoms. The van der Waals surface area contributed by atoms with Crippen molar-refractivity contribution >= 4 is 45.3 Å². The zero-order chi connectivity index (χ0) is 15.4.